The maximum Gasteiger partial charge on any atom is 0.366 e. The second-order valence-electron chi connectivity index (χ2n) is 5.39. The van der Waals surface area contributed by atoms with Crippen molar-refractivity contribution >= 4 is 11.9 Å². The summed E-state index contributed by atoms with van der Waals surface area (Å²) < 4.78 is 20.4. The van der Waals surface area contributed by atoms with Crippen LogP contribution in [0, 0.1) is 0 Å². The topological polar surface area (TPSA) is 127 Å². The first-order valence-corrected chi connectivity index (χ1v) is 6.91. The highest BCUT2D eigenvalue weighted by atomic mass is 16.7. The van der Waals surface area contributed by atoms with Gasteiger partial charge in [0.05, 0.1) is 25.9 Å². The van der Waals surface area contributed by atoms with E-state index in [0.717, 1.165) is 7.11 Å². The molecule has 2 aliphatic rings. The third-order valence-corrected chi connectivity index (χ3v) is 3.85. The van der Waals surface area contributed by atoms with Gasteiger partial charge in [-0.2, -0.15) is 0 Å². The van der Waals surface area contributed by atoms with Crippen molar-refractivity contribution in [2.24, 2.45) is 0 Å². The van der Waals surface area contributed by atoms with Crippen LogP contribution in [0.5, 0.6) is 0 Å². The first-order chi connectivity index (χ1) is 10.3. The Kier molecular flexibility index (Phi) is 5.03. The molecular formula is C13H21NO8. The van der Waals surface area contributed by atoms with Gasteiger partial charge >= 0.3 is 5.97 Å². The number of amides is 1. The molecule has 9 heteroatoms. The van der Waals surface area contributed by atoms with Crippen LogP contribution in [0.4, 0.5) is 0 Å². The number of nitrogens with one attached hydrogen (secondary N) is 1. The van der Waals surface area contributed by atoms with Gasteiger partial charge in [-0.25, -0.2) is 4.79 Å². The van der Waals surface area contributed by atoms with Crippen molar-refractivity contribution in [2.45, 2.75) is 49.6 Å². The molecule has 0 aliphatic carbocycles. The van der Waals surface area contributed by atoms with Gasteiger partial charge in [-0.05, 0) is 0 Å². The molecule has 9 nitrogen and oxygen atoms in total. The summed E-state index contributed by atoms with van der Waals surface area (Å²) in [4.78, 5) is 23.3. The van der Waals surface area contributed by atoms with Gasteiger partial charge in [0.2, 0.25) is 5.91 Å². The molecule has 0 saturated carbocycles. The lowest BCUT2D eigenvalue weighted by Gasteiger charge is -2.45. The summed E-state index contributed by atoms with van der Waals surface area (Å²) in [7, 11) is 2.40. The average Bonchev–Trinajstić information content (AvgIpc) is 3.31. The van der Waals surface area contributed by atoms with Crippen molar-refractivity contribution < 1.29 is 38.7 Å². The molecule has 0 aromatic heterocycles. The molecular weight excluding hydrogens is 298 g/mol. The lowest BCUT2D eigenvalue weighted by Crippen LogP contribution is -2.67. The maximum atomic E-state index is 12.0. The summed E-state index contributed by atoms with van der Waals surface area (Å²) in [6.07, 6.45) is -4.10. The van der Waals surface area contributed by atoms with Crippen molar-refractivity contribution in [3.8, 4) is 0 Å². The summed E-state index contributed by atoms with van der Waals surface area (Å²) in [5, 5.41) is 23.1. The van der Waals surface area contributed by atoms with Gasteiger partial charge in [0.1, 0.15) is 18.3 Å². The molecule has 2 aliphatic heterocycles. The molecule has 2 saturated heterocycles. The molecule has 1 amide bonds. The van der Waals surface area contributed by atoms with E-state index in [-0.39, 0.29) is 6.42 Å². The number of hydrogen-bond donors (Lipinski definition) is 3. The summed E-state index contributed by atoms with van der Waals surface area (Å²) in [6.45, 7) is 1.62. The third kappa shape index (κ3) is 3.23. The second kappa shape index (κ2) is 6.47. The van der Waals surface area contributed by atoms with Crippen LogP contribution in [0.1, 0.15) is 13.3 Å². The fraction of sp³-hybridized carbons (Fsp3) is 0.846. The van der Waals surface area contributed by atoms with Crippen LogP contribution >= 0.6 is 0 Å². The molecule has 0 aromatic carbocycles. The molecule has 2 heterocycles. The van der Waals surface area contributed by atoms with Gasteiger partial charge in [0, 0.05) is 20.5 Å². The van der Waals surface area contributed by atoms with Gasteiger partial charge in [-0.3, -0.25) is 4.79 Å². The molecule has 6 atom stereocenters. The van der Waals surface area contributed by atoms with E-state index in [0.29, 0.717) is 6.61 Å². The number of rotatable bonds is 5. The van der Waals surface area contributed by atoms with E-state index < -0.39 is 48.1 Å². The minimum atomic E-state index is -1.84. The van der Waals surface area contributed by atoms with Crippen LogP contribution in [0.3, 0.4) is 0 Å². The fourth-order valence-electron chi connectivity index (χ4n) is 2.62. The standard InChI is InChI=1S/C13H21NO8/c1-6(15)14-9-7(16)4-13(20-3,12(18)19-2)22-11(9)10(17)8-5-21-8/h7-11,16-17H,4-5H2,1-3H3,(H,14,15)/t7?,8-,9?,10-,11?,13?/m1/s1. The zero-order valence-electron chi connectivity index (χ0n) is 12.6. The van der Waals surface area contributed by atoms with E-state index in [4.69, 9.17) is 14.2 Å². The van der Waals surface area contributed by atoms with Crippen molar-refractivity contribution in [3.63, 3.8) is 0 Å². The first kappa shape index (κ1) is 17.1. The number of methoxy groups -OCH3 is 2. The first-order valence-electron chi connectivity index (χ1n) is 6.91. The van der Waals surface area contributed by atoms with Crippen LogP contribution in [0.15, 0.2) is 0 Å². The molecule has 126 valence electrons. The van der Waals surface area contributed by atoms with Crippen molar-refractivity contribution in [1.29, 1.82) is 0 Å². The molecule has 2 rings (SSSR count). The van der Waals surface area contributed by atoms with Gasteiger partial charge < -0.3 is 34.5 Å². The Morgan fingerprint density at radius 3 is 2.50 bits per heavy atom. The Labute approximate surface area is 127 Å². The number of esters is 1. The largest absolute Gasteiger partial charge is 0.465 e. The predicted molar refractivity (Wildman–Crippen MR) is 70.6 cm³/mol. The van der Waals surface area contributed by atoms with E-state index in [1.165, 1.54) is 14.0 Å². The van der Waals surface area contributed by atoms with E-state index >= 15 is 0 Å². The van der Waals surface area contributed by atoms with Gasteiger partial charge in [-0.15, -0.1) is 0 Å². The van der Waals surface area contributed by atoms with Crippen LogP contribution in [0.2, 0.25) is 0 Å². The second-order valence-corrected chi connectivity index (χ2v) is 5.39. The van der Waals surface area contributed by atoms with Crippen molar-refractivity contribution in [3.05, 3.63) is 0 Å². The van der Waals surface area contributed by atoms with Gasteiger partial charge in [0.15, 0.2) is 0 Å². The molecule has 3 N–H and O–H groups in total. The Morgan fingerprint density at radius 2 is 2.05 bits per heavy atom. The van der Waals surface area contributed by atoms with Gasteiger partial charge in [-0.1, -0.05) is 0 Å². The summed E-state index contributed by atoms with van der Waals surface area (Å²) in [6, 6.07) is -0.898. The number of ether oxygens (including phenoxy) is 4. The maximum absolute atomic E-state index is 12.0. The minimum Gasteiger partial charge on any atom is -0.465 e. The van der Waals surface area contributed by atoms with Crippen LogP contribution in [-0.4, -0.2) is 79.2 Å². The third-order valence-electron chi connectivity index (χ3n) is 3.85. The van der Waals surface area contributed by atoms with Crippen molar-refractivity contribution in [2.75, 3.05) is 20.8 Å². The summed E-state index contributed by atoms with van der Waals surface area (Å²) in [5.74, 6) is -3.07. The Morgan fingerprint density at radius 1 is 1.41 bits per heavy atom. The highest BCUT2D eigenvalue weighted by molar-refractivity contribution is 5.78. The van der Waals surface area contributed by atoms with E-state index in [9.17, 15) is 19.8 Å². The molecule has 22 heavy (non-hydrogen) atoms. The van der Waals surface area contributed by atoms with Crippen molar-refractivity contribution in [1.82, 2.24) is 5.32 Å². The molecule has 0 radical (unpaired) electrons. The van der Waals surface area contributed by atoms with E-state index in [1.54, 1.807) is 0 Å². The minimum absolute atomic E-state index is 0.240. The zero-order chi connectivity index (χ0) is 16.5. The van der Waals surface area contributed by atoms with Crippen LogP contribution in [-0.2, 0) is 28.5 Å². The summed E-state index contributed by atoms with van der Waals surface area (Å²) in [5.41, 5.74) is 0. The number of epoxide rings is 1. The quantitative estimate of drug-likeness (QED) is 0.389. The highest BCUT2D eigenvalue weighted by Crippen LogP contribution is 2.35. The zero-order valence-corrected chi connectivity index (χ0v) is 12.6. The predicted octanol–water partition coefficient (Wildman–Crippen LogP) is -2.08. The molecule has 0 spiro atoms. The SMILES string of the molecule is COC(=O)C1(OC)CC(O)C(NC(C)=O)C([C@H](O)[C@H]2CO2)O1. The Hall–Kier alpha value is -1.26. The van der Waals surface area contributed by atoms with E-state index in [1.807, 2.05) is 0 Å². The summed E-state index contributed by atoms with van der Waals surface area (Å²) >= 11 is 0. The van der Waals surface area contributed by atoms with Crippen LogP contribution < -0.4 is 5.32 Å². The number of carbonyl (C=O) groups excluding carboxylic acids is 2. The molecule has 0 bridgehead atoms. The average molecular weight is 319 g/mol. The number of hydrogen-bond acceptors (Lipinski definition) is 8. The smallest absolute Gasteiger partial charge is 0.366 e. The number of carbonyl (C=O) groups is 2. The monoisotopic (exact) mass is 319 g/mol. The lowest BCUT2D eigenvalue weighted by atomic mass is 9.89. The molecule has 4 unspecified atom stereocenters. The molecule has 2 fully saturated rings. The normalized spacial score (nSPS) is 39.0. The fourth-order valence-corrected chi connectivity index (χ4v) is 2.62. The number of aliphatic hydroxyl groups is 2. The van der Waals surface area contributed by atoms with Gasteiger partial charge in [0.25, 0.3) is 5.79 Å². The van der Waals surface area contributed by atoms with E-state index in [2.05, 4.69) is 10.1 Å². The van der Waals surface area contributed by atoms with Crippen LogP contribution in [0.25, 0.3) is 0 Å². The highest BCUT2D eigenvalue weighted by Gasteiger charge is 2.56. The number of aliphatic hydroxyl groups excluding tert-OH is 2. The Bertz CT molecular complexity index is 440. The molecule has 0 aromatic rings. The lowest BCUT2D eigenvalue weighted by molar-refractivity contribution is -0.300. The Balaban J connectivity index is 2.27.